The van der Waals surface area contributed by atoms with E-state index in [0.717, 1.165) is 0 Å². The average Bonchev–Trinajstić information content (AvgIpc) is 2.62. The molecule has 152 valence electrons. The molecular weight excluding hydrogens is 371 g/mol. The highest BCUT2D eigenvalue weighted by atomic mass is 31.1. The molecule has 9 heteroatoms. The molecule has 0 aromatic heterocycles. The van der Waals surface area contributed by atoms with E-state index in [1.807, 2.05) is 0 Å². The third kappa shape index (κ3) is 7.42. The normalized spacial score (nSPS) is 14.4. The molecule has 0 aliphatic heterocycles. The Kier molecular flexibility index (Phi) is 9.66. The number of benzene rings is 1. The van der Waals surface area contributed by atoms with Gasteiger partial charge in [0.1, 0.15) is 5.75 Å². The molecule has 0 saturated heterocycles. The number of phenolic OH excluding ortho intramolecular Hbond substituents is 1. The predicted molar refractivity (Wildman–Crippen MR) is 104 cm³/mol. The number of amides is 1. The second kappa shape index (κ2) is 11.2. The van der Waals surface area contributed by atoms with E-state index < -0.39 is 20.2 Å². The van der Waals surface area contributed by atoms with Crippen molar-refractivity contribution in [2.24, 2.45) is 0 Å². The summed E-state index contributed by atoms with van der Waals surface area (Å²) in [5, 5.41) is 34.6. The van der Waals surface area contributed by atoms with Crippen molar-refractivity contribution in [2.45, 2.75) is 38.6 Å². The van der Waals surface area contributed by atoms with Crippen molar-refractivity contribution >= 4 is 20.0 Å². The molecule has 0 heterocycles. The van der Waals surface area contributed by atoms with Crippen LogP contribution in [0.4, 0.5) is 0 Å². The number of aryl methyl sites for hydroxylation is 2. The molecule has 0 aliphatic rings. The lowest BCUT2D eigenvalue weighted by Gasteiger charge is -2.27. The summed E-state index contributed by atoms with van der Waals surface area (Å²) in [5.74, 6) is -1.21. The number of carbonyl (C=O) groups excluding carboxylic acids is 1. The van der Waals surface area contributed by atoms with Crippen LogP contribution in [-0.2, 0) is 9.32 Å². The van der Waals surface area contributed by atoms with E-state index in [9.17, 15) is 19.8 Å². The van der Waals surface area contributed by atoms with Crippen LogP contribution in [0.2, 0.25) is 0 Å². The van der Waals surface area contributed by atoms with Gasteiger partial charge in [-0.1, -0.05) is 0 Å². The smallest absolute Gasteiger partial charge is 0.303 e. The fraction of sp³-hybridized carbons (Fsp3) is 0.556. The highest BCUT2D eigenvalue weighted by Crippen LogP contribution is 2.42. The van der Waals surface area contributed by atoms with Crippen molar-refractivity contribution in [3.8, 4) is 5.75 Å². The number of nitrogens with one attached hydrogen (secondary N) is 2. The number of aliphatic carboxylic acids is 1. The van der Waals surface area contributed by atoms with Crippen molar-refractivity contribution < 1.29 is 29.4 Å². The summed E-state index contributed by atoms with van der Waals surface area (Å²) < 4.78 is 5.45. The van der Waals surface area contributed by atoms with Gasteiger partial charge in [0.25, 0.3) is 5.91 Å². The predicted octanol–water partition coefficient (Wildman–Crippen LogP) is 1.55. The highest BCUT2D eigenvalue weighted by molar-refractivity contribution is 7.53. The van der Waals surface area contributed by atoms with E-state index in [4.69, 9.17) is 9.63 Å². The first-order valence-electron chi connectivity index (χ1n) is 8.65. The first-order chi connectivity index (χ1) is 12.7. The molecule has 0 spiro atoms. The Labute approximate surface area is 160 Å². The zero-order valence-electron chi connectivity index (χ0n) is 16.2. The second-order valence-corrected chi connectivity index (χ2v) is 8.53. The van der Waals surface area contributed by atoms with Gasteiger partial charge < -0.3 is 30.5 Å². The molecule has 1 amide bonds. The van der Waals surface area contributed by atoms with E-state index in [1.54, 1.807) is 33.0 Å². The van der Waals surface area contributed by atoms with Crippen molar-refractivity contribution in [1.29, 1.82) is 0 Å². The van der Waals surface area contributed by atoms with Crippen molar-refractivity contribution in [2.75, 3.05) is 26.9 Å². The third-order valence-corrected chi connectivity index (χ3v) is 6.65. The van der Waals surface area contributed by atoms with Crippen LogP contribution >= 0.6 is 8.15 Å². The molecule has 1 aromatic rings. The zero-order valence-corrected chi connectivity index (χ0v) is 17.0. The van der Waals surface area contributed by atoms with Gasteiger partial charge in [-0.15, -0.1) is 0 Å². The molecule has 27 heavy (non-hydrogen) atoms. The minimum atomic E-state index is -1.10. The van der Waals surface area contributed by atoms with Gasteiger partial charge in [-0.25, -0.2) is 0 Å². The van der Waals surface area contributed by atoms with Crippen molar-refractivity contribution in [3.05, 3.63) is 28.8 Å². The van der Waals surface area contributed by atoms with Gasteiger partial charge in [-0.3, -0.25) is 9.59 Å². The fourth-order valence-electron chi connectivity index (χ4n) is 2.69. The number of rotatable bonds is 11. The van der Waals surface area contributed by atoms with Crippen LogP contribution in [0.3, 0.4) is 0 Å². The largest absolute Gasteiger partial charge is 0.507 e. The Hall–Kier alpha value is -1.73. The molecule has 3 atom stereocenters. The fourth-order valence-corrected chi connectivity index (χ4v) is 4.60. The average molecular weight is 400 g/mol. The van der Waals surface area contributed by atoms with Gasteiger partial charge in [0, 0.05) is 39.9 Å². The number of phenols is 1. The maximum Gasteiger partial charge on any atom is 0.303 e. The number of carboxylic acid groups (broad SMARTS) is 1. The van der Waals surface area contributed by atoms with Gasteiger partial charge in [-0.05, 0) is 50.6 Å². The summed E-state index contributed by atoms with van der Waals surface area (Å²) in [7, 11) is 2.16. The lowest BCUT2D eigenvalue weighted by atomic mass is 10.1. The quantitative estimate of drug-likeness (QED) is 0.357. The summed E-state index contributed by atoms with van der Waals surface area (Å²) in [6.45, 7) is 3.49. The Morgan fingerprint density at radius 3 is 2.33 bits per heavy atom. The van der Waals surface area contributed by atoms with Crippen molar-refractivity contribution in [3.63, 3.8) is 0 Å². The van der Waals surface area contributed by atoms with Crippen LogP contribution in [0, 0.1) is 13.8 Å². The number of carbonyl (C=O) groups is 2. The van der Waals surface area contributed by atoms with E-state index >= 15 is 0 Å². The number of hydrogen-bond donors (Lipinski definition) is 5. The van der Waals surface area contributed by atoms with Gasteiger partial charge in [0.15, 0.2) is 0 Å². The lowest BCUT2D eigenvalue weighted by Crippen LogP contribution is -2.35. The number of aliphatic hydroxyl groups is 1. The van der Waals surface area contributed by atoms with Crippen LogP contribution in [0.15, 0.2) is 12.1 Å². The number of aromatic hydroxyl groups is 1. The summed E-state index contributed by atoms with van der Waals surface area (Å²) in [6.07, 6.45) is -0.0958. The zero-order chi connectivity index (χ0) is 20.6. The van der Waals surface area contributed by atoms with Gasteiger partial charge in [0.2, 0.25) is 0 Å². The molecule has 0 bridgehead atoms. The molecule has 8 nitrogen and oxygen atoms in total. The Morgan fingerprint density at radius 2 is 1.85 bits per heavy atom. The molecule has 0 saturated carbocycles. The molecule has 5 N–H and O–H groups in total. The van der Waals surface area contributed by atoms with E-state index in [1.165, 1.54) is 7.11 Å². The molecule has 1 rings (SSSR count). The lowest BCUT2D eigenvalue weighted by molar-refractivity contribution is -0.137. The minimum absolute atomic E-state index is 0.0140. The minimum Gasteiger partial charge on any atom is -0.507 e. The molecular formula is C18H29N2O6P. The van der Waals surface area contributed by atoms with Crippen LogP contribution in [0.25, 0.3) is 0 Å². The number of carboxylic acids is 1. The van der Waals surface area contributed by atoms with Crippen LogP contribution in [0.1, 0.15) is 34.3 Å². The SMILES string of the molecule is CNC(CCC(=O)O)P(CC(O)CNC(=O)c1cc(C)c(O)c(C)c1)OC. The van der Waals surface area contributed by atoms with Gasteiger partial charge >= 0.3 is 5.97 Å². The van der Waals surface area contributed by atoms with E-state index in [2.05, 4.69) is 10.6 Å². The second-order valence-electron chi connectivity index (χ2n) is 6.34. The summed E-state index contributed by atoms with van der Waals surface area (Å²) in [6, 6.07) is 3.18. The number of aliphatic hydroxyl groups excluding tert-OH is 1. The third-order valence-electron chi connectivity index (χ3n) is 4.19. The molecule has 1 aromatic carbocycles. The molecule has 0 radical (unpaired) electrons. The maximum absolute atomic E-state index is 12.3. The first kappa shape index (κ1) is 23.3. The summed E-state index contributed by atoms with van der Waals surface area (Å²) in [5.41, 5.74) is 1.64. The molecule has 3 unspecified atom stereocenters. The van der Waals surface area contributed by atoms with Crippen LogP contribution < -0.4 is 10.6 Å². The first-order valence-corrected chi connectivity index (χ1v) is 10.2. The standard InChI is InChI=1S/C18H29N2O6P/c1-11-7-13(8-12(2)17(11)24)18(25)20-9-14(21)10-27(26-4)15(19-3)5-6-16(22)23/h7-8,14-15,19,21,24H,5-6,9-10H2,1-4H3,(H,20,25)(H,22,23). The monoisotopic (exact) mass is 400 g/mol. The Bertz CT molecular complexity index is 632. The molecule has 0 fully saturated rings. The van der Waals surface area contributed by atoms with Crippen LogP contribution in [0.5, 0.6) is 5.75 Å². The Balaban J connectivity index is 2.60. The van der Waals surface area contributed by atoms with Crippen LogP contribution in [-0.4, -0.2) is 65.9 Å². The van der Waals surface area contributed by atoms with E-state index in [-0.39, 0.29) is 30.4 Å². The van der Waals surface area contributed by atoms with Gasteiger partial charge in [0.05, 0.1) is 11.9 Å². The molecule has 0 aliphatic carbocycles. The summed E-state index contributed by atoms with van der Waals surface area (Å²) in [4.78, 5) is 23.0. The Morgan fingerprint density at radius 1 is 1.26 bits per heavy atom. The number of hydrogen-bond acceptors (Lipinski definition) is 6. The van der Waals surface area contributed by atoms with Crippen molar-refractivity contribution in [1.82, 2.24) is 10.6 Å². The van der Waals surface area contributed by atoms with Gasteiger partial charge in [-0.2, -0.15) is 0 Å². The summed E-state index contributed by atoms with van der Waals surface area (Å²) >= 11 is 0. The van der Waals surface area contributed by atoms with E-state index in [0.29, 0.717) is 29.3 Å². The maximum atomic E-state index is 12.3. The topological polar surface area (TPSA) is 128 Å². The highest BCUT2D eigenvalue weighted by Gasteiger charge is 2.24.